The minimum atomic E-state index is 0.0431. The molecule has 2 heterocycles. The van der Waals surface area contributed by atoms with Gasteiger partial charge in [0.05, 0.1) is 0 Å². The van der Waals surface area contributed by atoms with Crippen LogP contribution >= 0.6 is 0 Å². The fourth-order valence-electron chi connectivity index (χ4n) is 8.03. The average molecular weight is 329 g/mol. The van der Waals surface area contributed by atoms with Gasteiger partial charge in [0.1, 0.15) is 0 Å². The molecule has 132 valence electrons. The van der Waals surface area contributed by atoms with Crippen LogP contribution in [-0.2, 0) is 4.79 Å². The summed E-state index contributed by atoms with van der Waals surface area (Å²) < 4.78 is 0. The number of rotatable bonds is 3. The maximum atomic E-state index is 13.3. The molecule has 7 rings (SSSR count). The Morgan fingerprint density at radius 3 is 1.75 bits per heavy atom. The normalized spacial score (nSPS) is 52.7. The molecule has 2 saturated heterocycles. The van der Waals surface area contributed by atoms with E-state index in [1.165, 1.54) is 77.0 Å². The number of piperidine rings is 1. The van der Waals surface area contributed by atoms with E-state index in [2.05, 4.69) is 10.2 Å². The summed E-state index contributed by atoms with van der Waals surface area (Å²) in [4.78, 5) is 16.1. The van der Waals surface area contributed by atoms with Crippen molar-refractivity contribution in [2.75, 3.05) is 0 Å². The van der Waals surface area contributed by atoms with Gasteiger partial charge in [-0.1, -0.05) is 0 Å². The lowest BCUT2D eigenvalue weighted by Crippen LogP contribution is -2.57. The number of nitrogens with zero attached hydrogens (tertiary/aromatic N) is 1. The Morgan fingerprint density at radius 2 is 1.25 bits per heavy atom. The molecule has 3 heteroatoms. The molecular weight excluding hydrogens is 296 g/mol. The van der Waals surface area contributed by atoms with E-state index in [0.717, 1.165) is 35.9 Å². The summed E-state index contributed by atoms with van der Waals surface area (Å²) in [6.07, 6.45) is 16.0. The van der Waals surface area contributed by atoms with Crippen molar-refractivity contribution in [1.29, 1.82) is 0 Å². The van der Waals surface area contributed by atoms with Crippen LogP contribution in [0.5, 0.6) is 0 Å². The lowest BCUT2D eigenvalue weighted by atomic mass is 9.49. The molecule has 5 aliphatic carbocycles. The molecule has 6 bridgehead atoms. The lowest BCUT2D eigenvalue weighted by Gasteiger charge is -2.56. The Morgan fingerprint density at radius 1 is 0.750 bits per heavy atom. The van der Waals surface area contributed by atoms with E-state index < -0.39 is 0 Å². The van der Waals surface area contributed by atoms with Crippen molar-refractivity contribution in [2.24, 2.45) is 23.2 Å². The van der Waals surface area contributed by atoms with E-state index >= 15 is 0 Å². The van der Waals surface area contributed by atoms with Gasteiger partial charge in [0, 0.05) is 29.6 Å². The van der Waals surface area contributed by atoms with Crippen molar-refractivity contribution in [3.8, 4) is 0 Å². The molecule has 3 atom stereocenters. The zero-order chi connectivity index (χ0) is 15.9. The van der Waals surface area contributed by atoms with Crippen LogP contribution in [-0.4, -0.2) is 35.0 Å². The van der Waals surface area contributed by atoms with Gasteiger partial charge in [-0.2, -0.15) is 0 Å². The topological polar surface area (TPSA) is 32.3 Å². The Bertz CT molecular complexity index is 505. The monoisotopic (exact) mass is 328 g/mol. The highest BCUT2D eigenvalue weighted by atomic mass is 16.2. The first kappa shape index (κ1) is 14.6. The molecule has 1 N–H and O–H groups in total. The fraction of sp³-hybridized carbons (Fsp3) is 0.952. The van der Waals surface area contributed by atoms with Gasteiger partial charge in [0.15, 0.2) is 0 Å². The Labute approximate surface area is 145 Å². The van der Waals surface area contributed by atoms with Gasteiger partial charge >= 0.3 is 0 Å². The van der Waals surface area contributed by atoms with Gasteiger partial charge in [0.25, 0.3) is 0 Å². The summed E-state index contributed by atoms with van der Waals surface area (Å²) >= 11 is 0. The number of carbonyl (C=O) groups is 1. The molecule has 0 radical (unpaired) electrons. The average Bonchev–Trinajstić information content (AvgIpc) is 3.32. The predicted molar refractivity (Wildman–Crippen MR) is 93.4 cm³/mol. The summed E-state index contributed by atoms with van der Waals surface area (Å²) in [7, 11) is 0. The van der Waals surface area contributed by atoms with Crippen molar-refractivity contribution in [3.63, 3.8) is 0 Å². The zero-order valence-corrected chi connectivity index (χ0v) is 14.9. The predicted octanol–water partition coefficient (Wildman–Crippen LogP) is 3.48. The molecule has 1 amide bonds. The van der Waals surface area contributed by atoms with Crippen LogP contribution in [0.1, 0.15) is 77.0 Å². The molecule has 2 aliphatic heterocycles. The van der Waals surface area contributed by atoms with Gasteiger partial charge in [-0.3, -0.25) is 9.69 Å². The summed E-state index contributed by atoms with van der Waals surface area (Å²) in [5, 5.41) is 3.59. The summed E-state index contributed by atoms with van der Waals surface area (Å²) in [5.41, 5.74) is 0.0431. The molecule has 0 aromatic carbocycles. The van der Waals surface area contributed by atoms with E-state index in [1.54, 1.807) is 0 Å². The first-order valence-electron chi connectivity index (χ1n) is 10.8. The molecule has 5 saturated carbocycles. The lowest BCUT2D eigenvalue weighted by molar-refractivity contribution is -0.147. The number of fused-ring (bicyclic) bond motifs is 2. The Balaban J connectivity index is 1.15. The number of hydrogen-bond donors (Lipinski definition) is 1. The SMILES string of the molecule is O=C(NC1C[C@H]2CC[C@@H](C1)N2C1CC1)C12CC3CC(CC(C3)C1)C2. The number of hydrogen-bond acceptors (Lipinski definition) is 2. The molecule has 7 fully saturated rings. The highest BCUT2D eigenvalue weighted by Gasteiger charge is 2.55. The molecule has 24 heavy (non-hydrogen) atoms. The Hall–Kier alpha value is -0.570. The van der Waals surface area contributed by atoms with Crippen molar-refractivity contribution in [1.82, 2.24) is 10.2 Å². The maximum absolute atomic E-state index is 13.3. The van der Waals surface area contributed by atoms with Gasteiger partial charge in [-0.25, -0.2) is 0 Å². The van der Waals surface area contributed by atoms with E-state index in [9.17, 15) is 4.79 Å². The van der Waals surface area contributed by atoms with Crippen molar-refractivity contribution in [3.05, 3.63) is 0 Å². The van der Waals surface area contributed by atoms with Gasteiger partial charge in [-0.15, -0.1) is 0 Å². The van der Waals surface area contributed by atoms with Crippen LogP contribution in [0.4, 0.5) is 0 Å². The number of carbonyl (C=O) groups excluding carboxylic acids is 1. The first-order chi connectivity index (χ1) is 11.7. The van der Waals surface area contributed by atoms with E-state index in [4.69, 9.17) is 0 Å². The second kappa shape index (κ2) is 4.99. The van der Waals surface area contributed by atoms with E-state index in [0.29, 0.717) is 11.9 Å². The van der Waals surface area contributed by atoms with Crippen LogP contribution in [0.2, 0.25) is 0 Å². The zero-order valence-electron chi connectivity index (χ0n) is 14.9. The highest BCUT2D eigenvalue weighted by molar-refractivity contribution is 5.83. The third-order valence-corrected chi connectivity index (χ3v) is 8.61. The van der Waals surface area contributed by atoms with Crippen LogP contribution in [0, 0.1) is 23.2 Å². The molecule has 0 aromatic heterocycles. The summed E-state index contributed by atoms with van der Waals surface area (Å²) in [6, 6.07) is 2.93. The quantitative estimate of drug-likeness (QED) is 0.860. The second-order valence-corrected chi connectivity index (χ2v) is 10.4. The summed E-state index contributed by atoms with van der Waals surface area (Å²) in [6.45, 7) is 0. The minimum absolute atomic E-state index is 0.0431. The van der Waals surface area contributed by atoms with E-state index in [1.807, 2.05) is 0 Å². The molecule has 1 unspecified atom stereocenters. The third-order valence-electron chi connectivity index (χ3n) is 8.61. The summed E-state index contributed by atoms with van der Waals surface area (Å²) in [5.74, 6) is 3.07. The fourth-order valence-corrected chi connectivity index (χ4v) is 8.03. The third kappa shape index (κ3) is 2.15. The Kier molecular flexibility index (Phi) is 3.03. The molecule has 3 nitrogen and oxygen atoms in total. The first-order valence-corrected chi connectivity index (χ1v) is 10.8. The highest BCUT2D eigenvalue weighted by Crippen LogP contribution is 2.60. The van der Waals surface area contributed by atoms with Crippen molar-refractivity contribution >= 4 is 5.91 Å². The second-order valence-electron chi connectivity index (χ2n) is 10.4. The maximum Gasteiger partial charge on any atom is 0.226 e. The smallest absolute Gasteiger partial charge is 0.226 e. The number of amides is 1. The molecule has 7 aliphatic rings. The largest absolute Gasteiger partial charge is 0.353 e. The van der Waals surface area contributed by atoms with Crippen LogP contribution in [0.3, 0.4) is 0 Å². The van der Waals surface area contributed by atoms with Crippen molar-refractivity contribution < 1.29 is 4.79 Å². The molecule has 0 spiro atoms. The van der Waals surface area contributed by atoms with Crippen LogP contribution < -0.4 is 5.32 Å². The van der Waals surface area contributed by atoms with Gasteiger partial charge in [-0.05, 0) is 94.8 Å². The standard InChI is InChI=1S/C21H32N2O/c24-20(21-10-13-5-14(11-21)7-15(6-13)12-21)22-16-8-18-3-4-19(9-16)23(18)17-1-2-17/h13-19H,1-12H2,(H,22,24)/t13?,14?,15?,16?,18-,19+,21?. The number of nitrogens with one attached hydrogen (secondary N) is 1. The van der Waals surface area contributed by atoms with Gasteiger partial charge < -0.3 is 5.32 Å². The molecule has 0 aromatic rings. The minimum Gasteiger partial charge on any atom is -0.353 e. The van der Waals surface area contributed by atoms with Crippen LogP contribution in [0.15, 0.2) is 0 Å². The van der Waals surface area contributed by atoms with E-state index in [-0.39, 0.29) is 5.41 Å². The molecular formula is C21H32N2O. The van der Waals surface area contributed by atoms with Crippen LogP contribution in [0.25, 0.3) is 0 Å². The van der Waals surface area contributed by atoms with Gasteiger partial charge in [0.2, 0.25) is 5.91 Å². The van der Waals surface area contributed by atoms with Crippen molar-refractivity contribution in [2.45, 2.75) is 101 Å².